The molecule has 2 aromatic rings. The summed E-state index contributed by atoms with van der Waals surface area (Å²) in [6, 6.07) is 6.74. The first-order valence-electron chi connectivity index (χ1n) is 5.60. The lowest BCUT2D eigenvalue weighted by Crippen LogP contribution is -2.14. The Bertz CT molecular complexity index is 654. The van der Waals surface area contributed by atoms with Gasteiger partial charge >= 0.3 is 0 Å². The number of hydrogen-bond donors (Lipinski definition) is 1. The van der Waals surface area contributed by atoms with Crippen LogP contribution >= 0.6 is 15.9 Å². The number of aromatic nitrogens is 2. The van der Waals surface area contributed by atoms with Crippen molar-refractivity contribution in [3.8, 4) is 0 Å². The predicted molar refractivity (Wildman–Crippen MR) is 76.4 cm³/mol. The minimum atomic E-state index is -3.62. The lowest BCUT2D eigenvalue weighted by atomic mass is 10.2. The van der Waals surface area contributed by atoms with Crippen LogP contribution in [-0.4, -0.2) is 18.4 Å². The number of nitrogens with zero attached hydrogens (tertiary/aromatic N) is 2. The Labute approximate surface area is 120 Å². The first-order valence-corrected chi connectivity index (χ1v) is 7.88. The third-order valence-corrected chi connectivity index (χ3v) is 4.28. The number of halogens is 1. The van der Waals surface area contributed by atoms with Crippen molar-refractivity contribution >= 4 is 31.8 Å². The molecule has 2 rings (SSSR count). The minimum absolute atomic E-state index is 0.183. The van der Waals surface area contributed by atoms with Crippen LogP contribution in [0.4, 0.5) is 5.82 Å². The molecule has 7 heteroatoms. The Morgan fingerprint density at radius 1 is 1.16 bits per heavy atom. The van der Waals surface area contributed by atoms with E-state index in [0.717, 1.165) is 12.0 Å². The zero-order chi connectivity index (χ0) is 13.9. The number of aryl methyl sites for hydroxylation is 1. The molecule has 0 amide bonds. The van der Waals surface area contributed by atoms with E-state index in [9.17, 15) is 8.42 Å². The molecule has 0 atom stereocenters. The Hall–Kier alpha value is -1.47. The monoisotopic (exact) mass is 341 g/mol. The second-order valence-corrected chi connectivity index (χ2v) is 6.32. The van der Waals surface area contributed by atoms with Crippen LogP contribution in [0.15, 0.2) is 46.2 Å². The van der Waals surface area contributed by atoms with Gasteiger partial charge in [-0.05, 0) is 40.0 Å². The number of rotatable bonds is 4. The Morgan fingerprint density at radius 3 is 2.37 bits per heavy atom. The first kappa shape index (κ1) is 14.0. The second kappa shape index (κ2) is 5.66. The fourth-order valence-electron chi connectivity index (χ4n) is 1.47. The molecule has 19 heavy (non-hydrogen) atoms. The highest BCUT2D eigenvalue weighted by Crippen LogP contribution is 2.15. The van der Waals surface area contributed by atoms with Crippen LogP contribution < -0.4 is 4.72 Å². The highest BCUT2D eigenvalue weighted by Gasteiger charge is 2.14. The van der Waals surface area contributed by atoms with E-state index in [-0.39, 0.29) is 10.7 Å². The van der Waals surface area contributed by atoms with Gasteiger partial charge in [0, 0.05) is 0 Å². The van der Waals surface area contributed by atoms with Crippen molar-refractivity contribution in [1.29, 1.82) is 0 Å². The molecule has 1 N–H and O–H groups in total. The third kappa shape index (κ3) is 3.51. The van der Waals surface area contributed by atoms with Gasteiger partial charge in [0.2, 0.25) is 0 Å². The van der Waals surface area contributed by atoms with Crippen LogP contribution in [0.3, 0.4) is 0 Å². The zero-order valence-electron chi connectivity index (χ0n) is 10.2. The maximum absolute atomic E-state index is 12.1. The molecule has 0 spiro atoms. The van der Waals surface area contributed by atoms with Gasteiger partial charge in [-0.3, -0.25) is 4.72 Å². The molecule has 0 saturated carbocycles. The lowest BCUT2D eigenvalue weighted by Gasteiger charge is -2.07. The molecule has 0 unspecified atom stereocenters. The molecule has 0 aliphatic rings. The smallest absolute Gasteiger partial charge is 0.262 e. The summed E-state index contributed by atoms with van der Waals surface area (Å²) in [5, 5.41) is 0. The van der Waals surface area contributed by atoms with Gasteiger partial charge in [0.15, 0.2) is 5.82 Å². The van der Waals surface area contributed by atoms with Gasteiger partial charge in [0.1, 0.15) is 4.60 Å². The number of sulfonamides is 1. The summed E-state index contributed by atoms with van der Waals surface area (Å²) in [5.74, 6) is 0.183. The van der Waals surface area contributed by atoms with Crippen LogP contribution in [0, 0.1) is 0 Å². The fourth-order valence-corrected chi connectivity index (χ4v) is 2.66. The summed E-state index contributed by atoms with van der Waals surface area (Å²) in [4.78, 5) is 8.04. The molecule has 0 radical (unpaired) electrons. The largest absolute Gasteiger partial charge is 0.263 e. The zero-order valence-corrected chi connectivity index (χ0v) is 12.6. The van der Waals surface area contributed by atoms with Crippen LogP contribution in [0.2, 0.25) is 0 Å². The number of anilines is 1. The molecular weight excluding hydrogens is 330 g/mol. The van der Waals surface area contributed by atoms with Crippen molar-refractivity contribution in [1.82, 2.24) is 9.97 Å². The molecule has 0 saturated heterocycles. The molecular formula is C12H12BrN3O2S. The van der Waals surface area contributed by atoms with E-state index < -0.39 is 10.0 Å². The molecule has 1 aromatic carbocycles. The van der Waals surface area contributed by atoms with Gasteiger partial charge in [-0.15, -0.1) is 0 Å². The fraction of sp³-hybridized carbons (Fsp3) is 0.167. The summed E-state index contributed by atoms with van der Waals surface area (Å²) in [6.07, 6.45) is 3.64. The van der Waals surface area contributed by atoms with E-state index in [4.69, 9.17) is 0 Å². The van der Waals surface area contributed by atoms with E-state index in [0.29, 0.717) is 4.60 Å². The summed E-state index contributed by atoms with van der Waals surface area (Å²) in [7, 11) is -3.62. The summed E-state index contributed by atoms with van der Waals surface area (Å²) in [6.45, 7) is 2.01. The molecule has 100 valence electrons. The minimum Gasteiger partial charge on any atom is -0.262 e. The van der Waals surface area contributed by atoms with E-state index in [1.807, 2.05) is 6.92 Å². The van der Waals surface area contributed by atoms with Gasteiger partial charge in [-0.25, -0.2) is 18.4 Å². The van der Waals surface area contributed by atoms with E-state index in [1.54, 1.807) is 24.3 Å². The summed E-state index contributed by atoms with van der Waals surface area (Å²) < 4.78 is 27.1. The maximum Gasteiger partial charge on any atom is 0.263 e. The van der Waals surface area contributed by atoms with Crippen LogP contribution in [-0.2, 0) is 16.4 Å². The van der Waals surface area contributed by atoms with Crippen molar-refractivity contribution < 1.29 is 8.42 Å². The van der Waals surface area contributed by atoms with Crippen molar-refractivity contribution in [2.45, 2.75) is 18.2 Å². The Morgan fingerprint density at radius 2 is 1.84 bits per heavy atom. The third-order valence-electron chi connectivity index (χ3n) is 2.50. The average Bonchev–Trinajstić information content (AvgIpc) is 2.41. The van der Waals surface area contributed by atoms with Gasteiger partial charge in [0.05, 0.1) is 17.3 Å². The Balaban J connectivity index is 2.24. The quantitative estimate of drug-likeness (QED) is 0.927. The summed E-state index contributed by atoms with van der Waals surface area (Å²) >= 11 is 3.14. The van der Waals surface area contributed by atoms with Crippen molar-refractivity contribution in [2.75, 3.05) is 4.72 Å². The van der Waals surface area contributed by atoms with Crippen LogP contribution in [0.5, 0.6) is 0 Å². The van der Waals surface area contributed by atoms with Gasteiger partial charge < -0.3 is 0 Å². The average molecular weight is 342 g/mol. The van der Waals surface area contributed by atoms with Crippen LogP contribution in [0.1, 0.15) is 12.5 Å². The molecule has 0 aliphatic heterocycles. The van der Waals surface area contributed by atoms with Gasteiger partial charge in [-0.2, -0.15) is 0 Å². The highest BCUT2D eigenvalue weighted by molar-refractivity contribution is 9.10. The molecule has 1 heterocycles. The van der Waals surface area contributed by atoms with Crippen molar-refractivity contribution in [3.63, 3.8) is 0 Å². The lowest BCUT2D eigenvalue weighted by molar-refractivity contribution is 0.601. The van der Waals surface area contributed by atoms with Crippen LogP contribution in [0.25, 0.3) is 0 Å². The highest BCUT2D eigenvalue weighted by atomic mass is 79.9. The number of hydrogen-bond acceptors (Lipinski definition) is 4. The normalized spacial score (nSPS) is 11.3. The molecule has 0 bridgehead atoms. The molecule has 1 aromatic heterocycles. The predicted octanol–water partition coefficient (Wildman–Crippen LogP) is 2.60. The standard InChI is InChI=1S/C12H12BrN3O2S/c1-2-9-3-5-10(6-4-9)19(17,18)16-12-8-14-11(13)7-15-12/h3-8H,2H2,1H3,(H,15,16). The first-order chi connectivity index (χ1) is 9.01. The van der Waals surface area contributed by atoms with Crippen molar-refractivity contribution in [2.24, 2.45) is 0 Å². The maximum atomic E-state index is 12.1. The second-order valence-electron chi connectivity index (χ2n) is 3.83. The SMILES string of the molecule is CCc1ccc(S(=O)(=O)Nc2cnc(Br)cn2)cc1. The Kier molecular flexibility index (Phi) is 4.16. The number of benzene rings is 1. The van der Waals surface area contributed by atoms with E-state index in [2.05, 4.69) is 30.6 Å². The number of nitrogens with one attached hydrogen (secondary N) is 1. The molecule has 0 aliphatic carbocycles. The topological polar surface area (TPSA) is 72.0 Å². The molecule has 5 nitrogen and oxygen atoms in total. The molecule has 0 fully saturated rings. The van der Waals surface area contributed by atoms with E-state index in [1.165, 1.54) is 12.4 Å². The summed E-state index contributed by atoms with van der Waals surface area (Å²) in [5.41, 5.74) is 1.09. The van der Waals surface area contributed by atoms with Crippen molar-refractivity contribution in [3.05, 3.63) is 46.8 Å². The van der Waals surface area contributed by atoms with E-state index >= 15 is 0 Å². The van der Waals surface area contributed by atoms with Gasteiger partial charge in [-0.1, -0.05) is 19.1 Å². The van der Waals surface area contributed by atoms with Gasteiger partial charge in [0.25, 0.3) is 10.0 Å².